The number of aliphatic imine (C=N–C) groups is 1. The molecule has 0 radical (unpaired) electrons. The molecule has 0 atom stereocenters. The largest absolute Gasteiger partial charge is 0.402 e. The average Bonchev–Trinajstić information content (AvgIpc) is 2.91. The van der Waals surface area contributed by atoms with E-state index in [0.717, 1.165) is 0 Å². The molecule has 0 amide bonds. The summed E-state index contributed by atoms with van der Waals surface area (Å²) in [6, 6.07) is 10.6. The molecular formula is C16H8Cl2N2O4. The molecule has 0 aromatic heterocycles. The van der Waals surface area contributed by atoms with Gasteiger partial charge in [0.05, 0.1) is 15.0 Å². The number of nitro benzene ring substituents is 1. The highest BCUT2D eigenvalue weighted by Gasteiger charge is 2.24. The van der Waals surface area contributed by atoms with Gasteiger partial charge in [-0.25, -0.2) is 9.79 Å². The van der Waals surface area contributed by atoms with E-state index < -0.39 is 10.9 Å². The van der Waals surface area contributed by atoms with Crippen molar-refractivity contribution in [2.45, 2.75) is 0 Å². The lowest BCUT2D eigenvalue weighted by molar-refractivity contribution is -0.384. The van der Waals surface area contributed by atoms with E-state index in [1.807, 2.05) is 0 Å². The summed E-state index contributed by atoms with van der Waals surface area (Å²) in [5.41, 5.74) is 0.927. The number of non-ortho nitro benzene ring substituents is 1. The van der Waals surface area contributed by atoms with E-state index in [1.54, 1.807) is 18.2 Å². The maximum Gasteiger partial charge on any atom is 0.363 e. The third-order valence-corrected chi connectivity index (χ3v) is 3.91. The van der Waals surface area contributed by atoms with Crippen LogP contribution in [0.2, 0.25) is 10.0 Å². The van der Waals surface area contributed by atoms with E-state index in [4.69, 9.17) is 27.9 Å². The Kier molecular flexibility index (Phi) is 4.33. The summed E-state index contributed by atoms with van der Waals surface area (Å²) in [4.78, 5) is 26.3. The number of esters is 1. The number of nitrogens with zero attached hydrogens (tertiary/aromatic N) is 2. The number of rotatable bonds is 3. The zero-order valence-electron chi connectivity index (χ0n) is 11.9. The molecular weight excluding hydrogens is 355 g/mol. The van der Waals surface area contributed by atoms with Crippen LogP contribution in [-0.4, -0.2) is 16.8 Å². The van der Waals surface area contributed by atoms with Gasteiger partial charge in [-0.15, -0.1) is 0 Å². The minimum atomic E-state index is -0.650. The molecule has 6 nitrogen and oxygen atoms in total. The maximum atomic E-state index is 11.9. The van der Waals surface area contributed by atoms with E-state index >= 15 is 0 Å². The van der Waals surface area contributed by atoms with Gasteiger partial charge < -0.3 is 4.74 Å². The number of carbonyl (C=O) groups is 1. The van der Waals surface area contributed by atoms with Crippen molar-refractivity contribution in [1.29, 1.82) is 0 Å². The van der Waals surface area contributed by atoms with Crippen LogP contribution in [0.3, 0.4) is 0 Å². The molecule has 0 N–H and O–H groups in total. The second-order valence-corrected chi connectivity index (χ2v) is 5.63. The Hall–Kier alpha value is -2.70. The zero-order chi connectivity index (χ0) is 17.3. The molecule has 0 aliphatic carbocycles. The SMILES string of the molecule is O=C1OC(c2ccc(Cl)c(Cl)c2)=N/C1=C/c1cccc([N+](=O)[O-])c1. The van der Waals surface area contributed by atoms with Crippen molar-refractivity contribution in [3.8, 4) is 0 Å². The van der Waals surface area contributed by atoms with Crippen LogP contribution >= 0.6 is 23.2 Å². The number of ether oxygens (including phenoxy) is 1. The summed E-state index contributed by atoms with van der Waals surface area (Å²) in [5, 5.41) is 11.5. The molecule has 0 unspecified atom stereocenters. The van der Waals surface area contributed by atoms with Gasteiger partial charge in [0.25, 0.3) is 5.69 Å². The second kappa shape index (κ2) is 6.43. The minimum Gasteiger partial charge on any atom is -0.402 e. The first kappa shape index (κ1) is 16.2. The third kappa shape index (κ3) is 3.29. The van der Waals surface area contributed by atoms with Crippen LogP contribution < -0.4 is 0 Å². The Balaban J connectivity index is 1.95. The molecule has 0 spiro atoms. The number of nitro groups is 1. The van der Waals surface area contributed by atoms with Crippen molar-refractivity contribution in [3.05, 3.63) is 79.4 Å². The molecule has 0 saturated heterocycles. The van der Waals surface area contributed by atoms with E-state index in [0.29, 0.717) is 21.2 Å². The average molecular weight is 363 g/mol. The first-order valence-electron chi connectivity index (χ1n) is 6.66. The highest BCUT2D eigenvalue weighted by atomic mass is 35.5. The molecule has 1 aliphatic heterocycles. The topological polar surface area (TPSA) is 81.8 Å². The fourth-order valence-electron chi connectivity index (χ4n) is 2.05. The first-order valence-corrected chi connectivity index (χ1v) is 7.42. The monoisotopic (exact) mass is 362 g/mol. The van der Waals surface area contributed by atoms with Gasteiger partial charge >= 0.3 is 5.97 Å². The molecule has 2 aromatic carbocycles. The third-order valence-electron chi connectivity index (χ3n) is 3.17. The Morgan fingerprint density at radius 2 is 1.92 bits per heavy atom. The molecule has 24 heavy (non-hydrogen) atoms. The van der Waals surface area contributed by atoms with Gasteiger partial charge in [0.15, 0.2) is 5.70 Å². The molecule has 0 bridgehead atoms. The lowest BCUT2D eigenvalue weighted by Crippen LogP contribution is -2.05. The van der Waals surface area contributed by atoms with Gasteiger partial charge in [-0.2, -0.15) is 0 Å². The van der Waals surface area contributed by atoms with Crippen molar-refractivity contribution < 1.29 is 14.5 Å². The Morgan fingerprint density at radius 1 is 1.12 bits per heavy atom. The summed E-state index contributed by atoms with van der Waals surface area (Å²) in [6.07, 6.45) is 1.42. The number of hydrogen-bond donors (Lipinski definition) is 0. The number of benzene rings is 2. The predicted molar refractivity (Wildman–Crippen MR) is 90.2 cm³/mol. The Bertz CT molecular complexity index is 922. The smallest absolute Gasteiger partial charge is 0.363 e. The van der Waals surface area contributed by atoms with Crippen LogP contribution in [0.15, 0.2) is 53.2 Å². The summed E-state index contributed by atoms with van der Waals surface area (Å²) < 4.78 is 5.11. The van der Waals surface area contributed by atoms with Crippen LogP contribution in [0.25, 0.3) is 6.08 Å². The fraction of sp³-hybridized carbons (Fsp3) is 0. The van der Waals surface area contributed by atoms with E-state index in [9.17, 15) is 14.9 Å². The van der Waals surface area contributed by atoms with Crippen molar-refractivity contribution in [2.75, 3.05) is 0 Å². The molecule has 1 aliphatic rings. The van der Waals surface area contributed by atoms with Crippen LogP contribution in [0.5, 0.6) is 0 Å². The van der Waals surface area contributed by atoms with Gasteiger partial charge in [-0.1, -0.05) is 35.3 Å². The molecule has 1 heterocycles. The van der Waals surface area contributed by atoms with Crippen LogP contribution in [0.4, 0.5) is 5.69 Å². The molecule has 120 valence electrons. The number of cyclic esters (lactones) is 1. The highest BCUT2D eigenvalue weighted by Crippen LogP contribution is 2.26. The van der Waals surface area contributed by atoms with Crippen molar-refractivity contribution in [2.24, 2.45) is 4.99 Å². The summed E-state index contributed by atoms with van der Waals surface area (Å²) in [7, 11) is 0. The van der Waals surface area contributed by atoms with E-state index in [2.05, 4.69) is 4.99 Å². The first-order chi connectivity index (χ1) is 11.4. The normalized spacial score (nSPS) is 15.3. The van der Waals surface area contributed by atoms with Crippen LogP contribution in [0, 0.1) is 10.1 Å². The number of halogens is 2. The van der Waals surface area contributed by atoms with Crippen LogP contribution in [-0.2, 0) is 9.53 Å². The quantitative estimate of drug-likeness (QED) is 0.353. The Labute approximate surface area is 146 Å². The van der Waals surface area contributed by atoms with Crippen molar-refractivity contribution in [1.82, 2.24) is 0 Å². The summed E-state index contributed by atoms with van der Waals surface area (Å²) in [6.45, 7) is 0. The summed E-state index contributed by atoms with van der Waals surface area (Å²) >= 11 is 11.8. The van der Waals surface area contributed by atoms with Gasteiger partial charge in [0.2, 0.25) is 5.90 Å². The van der Waals surface area contributed by atoms with Gasteiger partial charge in [-0.05, 0) is 29.8 Å². The maximum absolute atomic E-state index is 11.9. The van der Waals surface area contributed by atoms with Crippen molar-refractivity contribution >= 4 is 46.8 Å². The highest BCUT2D eigenvalue weighted by molar-refractivity contribution is 6.42. The summed E-state index contributed by atoms with van der Waals surface area (Å²) in [5.74, 6) is -0.558. The minimum absolute atomic E-state index is 0.0385. The number of hydrogen-bond acceptors (Lipinski definition) is 5. The Morgan fingerprint density at radius 3 is 2.62 bits per heavy atom. The lowest BCUT2D eigenvalue weighted by Gasteiger charge is -2.01. The van der Waals surface area contributed by atoms with Crippen molar-refractivity contribution in [3.63, 3.8) is 0 Å². The van der Waals surface area contributed by atoms with Gasteiger partial charge in [0, 0.05) is 17.7 Å². The zero-order valence-corrected chi connectivity index (χ0v) is 13.4. The molecule has 3 rings (SSSR count). The van der Waals surface area contributed by atoms with Crippen LogP contribution in [0.1, 0.15) is 11.1 Å². The van der Waals surface area contributed by atoms with Gasteiger partial charge in [0.1, 0.15) is 0 Å². The molecule has 0 saturated carbocycles. The fourth-order valence-corrected chi connectivity index (χ4v) is 2.35. The standard InChI is InChI=1S/C16H8Cl2N2O4/c17-12-5-4-10(8-13(12)18)15-19-14(16(21)24-15)7-9-2-1-3-11(6-9)20(22)23/h1-8H/b14-7+. The predicted octanol–water partition coefficient (Wildman–Crippen LogP) is 4.25. The lowest BCUT2D eigenvalue weighted by atomic mass is 10.1. The van der Waals surface area contributed by atoms with Gasteiger partial charge in [-0.3, -0.25) is 10.1 Å². The molecule has 8 heteroatoms. The van der Waals surface area contributed by atoms with E-state index in [1.165, 1.54) is 30.3 Å². The molecule has 2 aromatic rings. The molecule has 0 fully saturated rings. The number of carbonyl (C=O) groups excluding carboxylic acids is 1. The second-order valence-electron chi connectivity index (χ2n) is 4.82. The van der Waals surface area contributed by atoms with E-state index in [-0.39, 0.29) is 17.3 Å².